The second-order valence-electron chi connectivity index (χ2n) is 2.48. The molecule has 4 nitrogen and oxygen atoms in total. The highest BCUT2D eigenvalue weighted by Crippen LogP contribution is 2.26. The van der Waals surface area contributed by atoms with Crippen molar-refractivity contribution in [1.82, 2.24) is 0 Å². The summed E-state index contributed by atoms with van der Waals surface area (Å²) in [5, 5.41) is 8.55. The average molecular weight is 183 g/mol. The van der Waals surface area contributed by atoms with Crippen molar-refractivity contribution in [2.45, 2.75) is 0 Å². The number of hydrogen-bond acceptors (Lipinski definition) is 4. The highest BCUT2D eigenvalue weighted by atomic mass is 16.5. The first-order chi connectivity index (χ1) is 6.27. The number of nitrogen functional groups attached to an aromatic ring is 1. The van der Waals surface area contributed by atoms with Crippen LogP contribution in [0.5, 0.6) is 11.5 Å². The number of methoxy groups -OCH3 is 1. The molecule has 0 amide bonds. The maximum absolute atomic E-state index is 8.55. The van der Waals surface area contributed by atoms with Crippen LogP contribution in [0.4, 0.5) is 5.69 Å². The van der Waals surface area contributed by atoms with E-state index in [9.17, 15) is 0 Å². The predicted molar refractivity (Wildman–Crippen MR) is 50.0 cm³/mol. The lowest BCUT2D eigenvalue weighted by molar-refractivity contribution is 0.201. The zero-order valence-electron chi connectivity index (χ0n) is 7.49. The van der Waals surface area contributed by atoms with Gasteiger partial charge in [0.2, 0.25) is 0 Å². The minimum absolute atomic E-state index is 0.0311. The quantitative estimate of drug-likeness (QED) is 0.672. The number of aliphatic hydroxyl groups excluding tert-OH is 1. The zero-order valence-corrected chi connectivity index (χ0v) is 7.49. The molecule has 13 heavy (non-hydrogen) atoms. The largest absolute Gasteiger partial charge is 0.497 e. The molecule has 0 radical (unpaired) electrons. The maximum Gasteiger partial charge on any atom is 0.145 e. The molecule has 4 heteroatoms. The van der Waals surface area contributed by atoms with E-state index in [-0.39, 0.29) is 13.2 Å². The van der Waals surface area contributed by atoms with Crippen LogP contribution in [0.25, 0.3) is 0 Å². The van der Waals surface area contributed by atoms with Crippen LogP contribution in [0.1, 0.15) is 0 Å². The zero-order chi connectivity index (χ0) is 9.68. The fourth-order valence-corrected chi connectivity index (χ4v) is 0.922. The normalized spacial score (nSPS) is 9.69. The SMILES string of the molecule is COc1ccc(N)c(OCCO)c1. The van der Waals surface area contributed by atoms with Crippen LogP contribution in [-0.2, 0) is 0 Å². The van der Waals surface area contributed by atoms with Crippen molar-refractivity contribution in [3.63, 3.8) is 0 Å². The molecule has 0 aliphatic rings. The predicted octanol–water partition coefficient (Wildman–Crippen LogP) is 0.648. The van der Waals surface area contributed by atoms with Gasteiger partial charge in [0.25, 0.3) is 0 Å². The summed E-state index contributed by atoms with van der Waals surface area (Å²) >= 11 is 0. The summed E-state index contributed by atoms with van der Waals surface area (Å²) in [6, 6.07) is 5.14. The van der Waals surface area contributed by atoms with Crippen LogP contribution >= 0.6 is 0 Å². The number of ether oxygens (including phenoxy) is 2. The molecule has 0 fully saturated rings. The molecule has 0 bridgehead atoms. The van der Waals surface area contributed by atoms with E-state index in [1.165, 1.54) is 0 Å². The third-order valence-corrected chi connectivity index (χ3v) is 1.57. The fourth-order valence-electron chi connectivity index (χ4n) is 0.922. The van der Waals surface area contributed by atoms with Crippen molar-refractivity contribution >= 4 is 5.69 Å². The lowest BCUT2D eigenvalue weighted by atomic mass is 10.3. The van der Waals surface area contributed by atoms with Crippen molar-refractivity contribution < 1.29 is 14.6 Å². The maximum atomic E-state index is 8.55. The van der Waals surface area contributed by atoms with Crippen LogP contribution in [-0.4, -0.2) is 25.4 Å². The number of rotatable bonds is 4. The van der Waals surface area contributed by atoms with E-state index in [1.807, 2.05) is 0 Å². The second-order valence-corrected chi connectivity index (χ2v) is 2.48. The standard InChI is InChI=1S/C9H13NO3/c1-12-7-2-3-8(10)9(6-7)13-5-4-11/h2-3,6,11H,4-5,10H2,1H3. The molecule has 0 atom stereocenters. The average Bonchev–Trinajstić information content (AvgIpc) is 2.17. The Kier molecular flexibility index (Phi) is 3.40. The van der Waals surface area contributed by atoms with E-state index >= 15 is 0 Å². The summed E-state index contributed by atoms with van der Waals surface area (Å²) in [5.41, 5.74) is 6.16. The topological polar surface area (TPSA) is 64.7 Å². The lowest BCUT2D eigenvalue weighted by Crippen LogP contribution is -2.03. The number of hydrogen-bond donors (Lipinski definition) is 2. The molecular weight excluding hydrogens is 170 g/mol. The van der Waals surface area contributed by atoms with Gasteiger partial charge < -0.3 is 20.3 Å². The van der Waals surface area contributed by atoms with Gasteiger partial charge in [-0.05, 0) is 12.1 Å². The highest BCUT2D eigenvalue weighted by molar-refractivity contribution is 5.55. The third-order valence-electron chi connectivity index (χ3n) is 1.57. The van der Waals surface area contributed by atoms with E-state index in [0.717, 1.165) is 0 Å². The minimum atomic E-state index is -0.0311. The molecule has 0 unspecified atom stereocenters. The van der Waals surface area contributed by atoms with Crippen LogP contribution in [0.3, 0.4) is 0 Å². The Morgan fingerprint density at radius 3 is 2.85 bits per heavy atom. The Labute approximate surface area is 76.9 Å². The summed E-state index contributed by atoms with van der Waals surface area (Å²) in [6.07, 6.45) is 0. The molecule has 0 saturated carbocycles. The lowest BCUT2D eigenvalue weighted by Gasteiger charge is -2.08. The van der Waals surface area contributed by atoms with Crippen LogP contribution < -0.4 is 15.2 Å². The van der Waals surface area contributed by atoms with Crippen molar-refractivity contribution in [2.75, 3.05) is 26.1 Å². The van der Waals surface area contributed by atoms with Crippen molar-refractivity contribution in [2.24, 2.45) is 0 Å². The summed E-state index contributed by atoms with van der Waals surface area (Å²) < 4.78 is 10.2. The fraction of sp³-hybridized carbons (Fsp3) is 0.333. The van der Waals surface area contributed by atoms with Crippen molar-refractivity contribution in [1.29, 1.82) is 0 Å². The van der Waals surface area contributed by atoms with Gasteiger partial charge in [0.15, 0.2) is 0 Å². The molecule has 3 N–H and O–H groups in total. The minimum Gasteiger partial charge on any atom is -0.497 e. The molecule has 1 aromatic carbocycles. The van der Waals surface area contributed by atoms with E-state index in [1.54, 1.807) is 25.3 Å². The molecular formula is C9H13NO3. The molecule has 0 heterocycles. The van der Waals surface area contributed by atoms with Gasteiger partial charge in [0.1, 0.15) is 18.1 Å². The number of benzene rings is 1. The van der Waals surface area contributed by atoms with Crippen LogP contribution in [0.15, 0.2) is 18.2 Å². The van der Waals surface area contributed by atoms with Crippen LogP contribution in [0, 0.1) is 0 Å². The van der Waals surface area contributed by atoms with Gasteiger partial charge in [-0.3, -0.25) is 0 Å². The van der Waals surface area contributed by atoms with E-state index in [4.69, 9.17) is 20.3 Å². The first-order valence-electron chi connectivity index (χ1n) is 3.95. The van der Waals surface area contributed by atoms with E-state index in [2.05, 4.69) is 0 Å². The molecule has 1 aromatic rings. The van der Waals surface area contributed by atoms with Gasteiger partial charge >= 0.3 is 0 Å². The first-order valence-corrected chi connectivity index (χ1v) is 3.95. The summed E-state index contributed by atoms with van der Waals surface area (Å²) in [4.78, 5) is 0. The molecule has 72 valence electrons. The highest BCUT2D eigenvalue weighted by Gasteiger charge is 2.01. The first kappa shape index (κ1) is 9.67. The Bertz CT molecular complexity index is 276. The number of anilines is 1. The van der Waals surface area contributed by atoms with Gasteiger partial charge in [-0.15, -0.1) is 0 Å². The monoisotopic (exact) mass is 183 g/mol. The van der Waals surface area contributed by atoms with Gasteiger partial charge in [-0.25, -0.2) is 0 Å². The molecule has 0 spiro atoms. The second kappa shape index (κ2) is 4.57. The number of aliphatic hydroxyl groups is 1. The number of nitrogens with two attached hydrogens (primary N) is 1. The smallest absolute Gasteiger partial charge is 0.145 e. The van der Waals surface area contributed by atoms with Gasteiger partial charge in [0, 0.05) is 6.07 Å². The summed E-state index contributed by atoms with van der Waals surface area (Å²) in [5.74, 6) is 1.22. The summed E-state index contributed by atoms with van der Waals surface area (Å²) in [7, 11) is 1.57. The Morgan fingerprint density at radius 2 is 2.23 bits per heavy atom. The van der Waals surface area contributed by atoms with Crippen molar-refractivity contribution in [3.8, 4) is 11.5 Å². The Hall–Kier alpha value is -1.42. The van der Waals surface area contributed by atoms with Gasteiger partial charge in [-0.2, -0.15) is 0 Å². The molecule has 0 aliphatic carbocycles. The molecule has 1 rings (SSSR count). The van der Waals surface area contributed by atoms with Crippen LogP contribution in [0.2, 0.25) is 0 Å². The molecule has 0 aromatic heterocycles. The van der Waals surface area contributed by atoms with Crippen molar-refractivity contribution in [3.05, 3.63) is 18.2 Å². The summed E-state index contributed by atoms with van der Waals surface area (Å²) in [6.45, 7) is 0.202. The van der Waals surface area contributed by atoms with E-state index in [0.29, 0.717) is 17.2 Å². The third kappa shape index (κ3) is 2.52. The van der Waals surface area contributed by atoms with E-state index < -0.39 is 0 Å². The Morgan fingerprint density at radius 1 is 1.46 bits per heavy atom. The molecule has 0 aliphatic heterocycles. The molecule has 0 saturated heterocycles. The Balaban J connectivity index is 2.78. The van der Waals surface area contributed by atoms with Gasteiger partial charge in [0.05, 0.1) is 19.4 Å². The van der Waals surface area contributed by atoms with Gasteiger partial charge in [-0.1, -0.05) is 0 Å².